The van der Waals surface area contributed by atoms with E-state index in [-0.39, 0.29) is 0 Å². The van der Waals surface area contributed by atoms with Crippen LogP contribution in [0.5, 0.6) is 0 Å². The van der Waals surface area contributed by atoms with Crippen molar-refractivity contribution >= 4 is 0 Å². The first kappa shape index (κ1) is 16.9. The molecule has 5 heteroatoms. The van der Waals surface area contributed by atoms with E-state index in [0.29, 0.717) is 30.9 Å². The molecule has 0 aromatic carbocycles. The summed E-state index contributed by atoms with van der Waals surface area (Å²) in [5.74, 6) is 0.825. The number of hydrogen-bond acceptors (Lipinski definition) is 5. The maximum Gasteiger partial charge on any atom is 0.162 e. The highest BCUT2D eigenvalue weighted by Crippen LogP contribution is 2.24. The van der Waals surface area contributed by atoms with Crippen LogP contribution < -0.4 is 5.32 Å². The second-order valence-electron chi connectivity index (χ2n) is 7.08. The van der Waals surface area contributed by atoms with Crippen molar-refractivity contribution in [3.8, 4) is 0 Å². The van der Waals surface area contributed by atoms with E-state index in [1.165, 1.54) is 32.1 Å². The Kier molecular flexibility index (Phi) is 6.08. The van der Waals surface area contributed by atoms with Gasteiger partial charge in [-0.05, 0) is 58.8 Å². The summed E-state index contributed by atoms with van der Waals surface area (Å²) in [6.07, 6.45) is 9.05. The van der Waals surface area contributed by atoms with E-state index in [0.717, 1.165) is 30.9 Å². The third-order valence-electron chi connectivity index (χ3n) is 5.08. The van der Waals surface area contributed by atoms with Gasteiger partial charge in [-0.15, -0.1) is 0 Å². The molecule has 0 radical (unpaired) electrons. The number of nitrogens with zero attached hydrogens (tertiary/aromatic N) is 1. The van der Waals surface area contributed by atoms with Crippen molar-refractivity contribution in [1.82, 2.24) is 10.5 Å². The lowest BCUT2D eigenvalue weighted by Gasteiger charge is -2.35. The van der Waals surface area contributed by atoms with E-state index in [1.807, 2.05) is 13.0 Å². The smallest absolute Gasteiger partial charge is 0.162 e. The van der Waals surface area contributed by atoms with Gasteiger partial charge in [-0.1, -0.05) is 5.16 Å². The minimum Gasteiger partial charge on any atom is -0.377 e. The summed E-state index contributed by atoms with van der Waals surface area (Å²) in [5, 5.41) is 7.67. The molecular weight excluding hydrogens is 292 g/mol. The minimum atomic E-state index is 0.347. The van der Waals surface area contributed by atoms with E-state index >= 15 is 0 Å². The Morgan fingerprint density at radius 2 is 2.09 bits per heavy atom. The largest absolute Gasteiger partial charge is 0.377 e. The maximum absolute atomic E-state index is 5.97. The van der Waals surface area contributed by atoms with Gasteiger partial charge in [-0.3, -0.25) is 0 Å². The molecule has 1 saturated heterocycles. The number of rotatable bonds is 6. The van der Waals surface area contributed by atoms with Crippen molar-refractivity contribution < 1.29 is 14.0 Å². The molecular formula is C18H30N2O3. The molecule has 1 aromatic rings. The fraction of sp³-hybridized carbons (Fsp3) is 0.833. The van der Waals surface area contributed by atoms with Gasteiger partial charge in [0, 0.05) is 24.8 Å². The molecule has 2 aliphatic rings. The molecule has 3 rings (SSSR count). The van der Waals surface area contributed by atoms with Crippen LogP contribution in [0.2, 0.25) is 0 Å². The molecule has 23 heavy (non-hydrogen) atoms. The van der Waals surface area contributed by atoms with Gasteiger partial charge in [0.05, 0.1) is 17.9 Å². The maximum atomic E-state index is 5.97. The molecule has 1 aromatic heterocycles. The molecule has 2 atom stereocenters. The number of aryl methyl sites for hydroxylation is 1. The Morgan fingerprint density at radius 3 is 2.74 bits per heavy atom. The Bertz CT molecular complexity index is 463. The molecule has 5 nitrogen and oxygen atoms in total. The highest BCUT2D eigenvalue weighted by atomic mass is 16.5. The van der Waals surface area contributed by atoms with E-state index in [1.54, 1.807) is 0 Å². The molecule has 1 saturated carbocycles. The zero-order valence-electron chi connectivity index (χ0n) is 14.4. The lowest BCUT2D eigenvalue weighted by molar-refractivity contribution is -0.0162. The van der Waals surface area contributed by atoms with Gasteiger partial charge < -0.3 is 19.3 Å². The van der Waals surface area contributed by atoms with Crippen molar-refractivity contribution in [2.24, 2.45) is 0 Å². The first-order valence-corrected chi connectivity index (χ1v) is 9.12. The number of nitrogens with one attached hydrogen (secondary N) is 1. The first-order valence-electron chi connectivity index (χ1n) is 9.12. The van der Waals surface area contributed by atoms with Crippen LogP contribution >= 0.6 is 0 Å². The van der Waals surface area contributed by atoms with Gasteiger partial charge in [0.15, 0.2) is 5.76 Å². The van der Waals surface area contributed by atoms with Crippen molar-refractivity contribution in [3.05, 3.63) is 17.5 Å². The monoisotopic (exact) mass is 322 g/mol. The fourth-order valence-electron chi connectivity index (χ4n) is 3.72. The average molecular weight is 322 g/mol. The predicted molar refractivity (Wildman–Crippen MR) is 88.3 cm³/mol. The molecule has 1 aliphatic carbocycles. The Hall–Kier alpha value is -0.910. The summed E-state index contributed by atoms with van der Waals surface area (Å²) >= 11 is 0. The van der Waals surface area contributed by atoms with Gasteiger partial charge in [0.25, 0.3) is 0 Å². The van der Waals surface area contributed by atoms with Gasteiger partial charge in [-0.25, -0.2) is 0 Å². The zero-order valence-corrected chi connectivity index (χ0v) is 14.4. The van der Waals surface area contributed by atoms with Crippen LogP contribution in [0.25, 0.3) is 0 Å². The summed E-state index contributed by atoms with van der Waals surface area (Å²) in [6, 6.07) is 3.00. The number of ether oxygens (including phenoxy) is 2. The predicted octanol–water partition coefficient (Wildman–Crippen LogP) is 3.36. The van der Waals surface area contributed by atoms with Gasteiger partial charge >= 0.3 is 0 Å². The van der Waals surface area contributed by atoms with Gasteiger partial charge in [-0.2, -0.15) is 0 Å². The van der Waals surface area contributed by atoms with E-state index < -0.39 is 0 Å². The van der Waals surface area contributed by atoms with E-state index in [4.69, 9.17) is 14.0 Å². The van der Waals surface area contributed by atoms with Crippen LogP contribution in [-0.2, 0) is 16.1 Å². The first-order chi connectivity index (χ1) is 11.2. The Labute approximate surface area is 139 Å². The minimum absolute atomic E-state index is 0.347. The summed E-state index contributed by atoms with van der Waals surface area (Å²) in [7, 11) is 0. The van der Waals surface area contributed by atoms with Crippen LogP contribution in [0.4, 0.5) is 0 Å². The molecule has 2 heterocycles. The van der Waals surface area contributed by atoms with Crippen molar-refractivity contribution in [2.75, 3.05) is 6.61 Å². The second-order valence-corrected chi connectivity index (χ2v) is 7.08. The number of hydrogen-bond donors (Lipinski definition) is 1. The average Bonchev–Trinajstić information content (AvgIpc) is 3.00. The van der Waals surface area contributed by atoms with Crippen LogP contribution in [0, 0.1) is 6.92 Å². The highest BCUT2D eigenvalue weighted by Gasteiger charge is 2.26. The SMILES string of the molecule is Cc1cc(COC2CCC(NC(C)C3CCCCO3)CC2)on1. The normalized spacial score (nSPS) is 30.3. The lowest BCUT2D eigenvalue weighted by Crippen LogP contribution is -2.47. The van der Waals surface area contributed by atoms with Gasteiger partial charge in [0.2, 0.25) is 0 Å². The molecule has 130 valence electrons. The Morgan fingerprint density at radius 1 is 1.26 bits per heavy atom. The van der Waals surface area contributed by atoms with Crippen LogP contribution in [0.3, 0.4) is 0 Å². The van der Waals surface area contributed by atoms with Crippen LogP contribution in [-0.4, -0.2) is 36.1 Å². The summed E-state index contributed by atoms with van der Waals surface area (Å²) < 4.78 is 17.0. The number of aromatic nitrogens is 1. The fourth-order valence-corrected chi connectivity index (χ4v) is 3.72. The summed E-state index contributed by atoms with van der Waals surface area (Å²) in [6.45, 7) is 5.67. The lowest BCUT2D eigenvalue weighted by atomic mass is 9.91. The highest BCUT2D eigenvalue weighted by molar-refractivity contribution is 5.01. The van der Waals surface area contributed by atoms with E-state index in [9.17, 15) is 0 Å². The molecule has 0 amide bonds. The Balaban J connectivity index is 1.34. The second kappa shape index (κ2) is 8.27. The molecule has 1 N–H and O–H groups in total. The zero-order chi connectivity index (χ0) is 16.1. The standard InChI is InChI=1S/C18H30N2O3/c1-13-11-17(23-20-13)12-22-16-8-6-15(7-9-16)19-14(2)18-5-3-4-10-21-18/h11,14-16,18-19H,3-10,12H2,1-2H3. The van der Waals surface area contributed by atoms with Crippen molar-refractivity contribution in [2.45, 2.75) is 89.7 Å². The third-order valence-corrected chi connectivity index (χ3v) is 5.08. The quantitative estimate of drug-likeness (QED) is 0.870. The van der Waals surface area contributed by atoms with Crippen LogP contribution in [0.15, 0.2) is 10.6 Å². The molecule has 1 aliphatic heterocycles. The van der Waals surface area contributed by atoms with Gasteiger partial charge in [0.1, 0.15) is 6.61 Å². The van der Waals surface area contributed by atoms with Crippen molar-refractivity contribution in [1.29, 1.82) is 0 Å². The molecule has 2 fully saturated rings. The summed E-state index contributed by atoms with van der Waals surface area (Å²) in [5.41, 5.74) is 0.912. The van der Waals surface area contributed by atoms with Crippen LogP contribution in [0.1, 0.15) is 63.3 Å². The molecule has 0 bridgehead atoms. The molecule has 2 unspecified atom stereocenters. The molecule has 0 spiro atoms. The summed E-state index contributed by atoms with van der Waals surface area (Å²) in [4.78, 5) is 0. The third kappa shape index (κ3) is 5.03. The van der Waals surface area contributed by atoms with Crippen molar-refractivity contribution in [3.63, 3.8) is 0 Å². The van der Waals surface area contributed by atoms with E-state index in [2.05, 4.69) is 17.4 Å². The topological polar surface area (TPSA) is 56.5 Å².